The SMILES string of the molecule is CC[C@H](C)[C@H](NC(=O)N1CCC(c2nc3ccccc3s2)CC1)C(=O)OC. The van der Waals surface area contributed by atoms with Crippen LogP contribution in [0.2, 0.25) is 0 Å². The molecule has 27 heavy (non-hydrogen) atoms. The number of rotatable bonds is 5. The first kappa shape index (κ1) is 19.6. The molecular weight excluding hydrogens is 362 g/mol. The second kappa shape index (κ2) is 8.69. The van der Waals surface area contributed by atoms with Crippen molar-refractivity contribution in [1.29, 1.82) is 0 Å². The lowest BCUT2D eigenvalue weighted by Gasteiger charge is -2.33. The molecule has 0 aliphatic carbocycles. The van der Waals surface area contributed by atoms with Crippen molar-refractivity contribution in [2.45, 2.75) is 45.1 Å². The summed E-state index contributed by atoms with van der Waals surface area (Å²) in [5, 5.41) is 4.02. The summed E-state index contributed by atoms with van der Waals surface area (Å²) >= 11 is 1.75. The van der Waals surface area contributed by atoms with E-state index in [-0.39, 0.29) is 17.9 Å². The summed E-state index contributed by atoms with van der Waals surface area (Å²) in [4.78, 5) is 31.2. The van der Waals surface area contributed by atoms with Crippen LogP contribution in [-0.4, -0.2) is 48.1 Å². The molecule has 0 saturated carbocycles. The lowest BCUT2D eigenvalue weighted by atomic mass is 9.97. The molecule has 2 amide bonds. The van der Waals surface area contributed by atoms with Gasteiger partial charge in [-0.05, 0) is 30.9 Å². The fraction of sp³-hybridized carbons (Fsp3) is 0.550. The number of para-hydroxylation sites is 1. The molecule has 6 nitrogen and oxygen atoms in total. The van der Waals surface area contributed by atoms with Gasteiger partial charge >= 0.3 is 12.0 Å². The molecule has 0 spiro atoms. The minimum atomic E-state index is -0.602. The Morgan fingerprint density at radius 3 is 2.67 bits per heavy atom. The highest BCUT2D eigenvalue weighted by atomic mass is 32.1. The van der Waals surface area contributed by atoms with E-state index in [1.54, 1.807) is 16.2 Å². The molecule has 3 rings (SSSR count). The Hall–Kier alpha value is -2.15. The molecular formula is C20H27N3O3S. The van der Waals surface area contributed by atoms with E-state index in [1.807, 2.05) is 32.0 Å². The molecule has 1 fully saturated rings. The van der Waals surface area contributed by atoms with Gasteiger partial charge in [0.15, 0.2) is 0 Å². The van der Waals surface area contributed by atoms with Gasteiger partial charge in [-0.3, -0.25) is 0 Å². The summed E-state index contributed by atoms with van der Waals surface area (Å²) in [6, 6.07) is 7.39. The van der Waals surface area contributed by atoms with Gasteiger partial charge in [0.2, 0.25) is 0 Å². The van der Waals surface area contributed by atoms with E-state index in [1.165, 1.54) is 11.8 Å². The van der Waals surface area contributed by atoms with Gasteiger partial charge in [0.1, 0.15) is 6.04 Å². The van der Waals surface area contributed by atoms with Crippen molar-refractivity contribution in [3.63, 3.8) is 0 Å². The first-order valence-electron chi connectivity index (χ1n) is 9.52. The molecule has 1 N–H and O–H groups in total. The molecule has 1 aliphatic rings. The molecule has 2 atom stereocenters. The van der Waals surface area contributed by atoms with E-state index in [0.29, 0.717) is 19.0 Å². The van der Waals surface area contributed by atoms with Crippen molar-refractivity contribution in [2.24, 2.45) is 5.92 Å². The number of esters is 1. The second-order valence-electron chi connectivity index (χ2n) is 7.12. The van der Waals surface area contributed by atoms with Crippen LogP contribution in [0.3, 0.4) is 0 Å². The number of ether oxygens (including phenoxy) is 1. The molecule has 1 saturated heterocycles. The Morgan fingerprint density at radius 1 is 1.33 bits per heavy atom. The number of aromatic nitrogens is 1. The number of carbonyl (C=O) groups excluding carboxylic acids is 2. The number of methoxy groups -OCH3 is 1. The minimum Gasteiger partial charge on any atom is -0.467 e. The molecule has 1 aromatic carbocycles. The zero-order valence-electron chi connectivity index (χ0n) is 16.1. The van der Waals surface area contributed by atoms with E-state index in [0.717, 1.165) is 29.8 Å². The molecule has 7 heteroatoms. The van der Waals surface area contributed by atoms with Gasteiger partial charge in [0.25, 0.3) is 0 Å². The minimum absolute atomic E-state index is 0.0293. The third-order valence-corrected chi connectivity index (χ3v) is 6.59. The van der Waals surface area contributed by atoms with Crippen LogP contribution in [0.15, 0.2) is 24.3 Å². The Labute approximate surface area is 163 Å². The van der Waals surface area contributed by atoms with E-state index >= 15 is 0 Å². The maximum Gasteiger partial charge on any atom is 0.328 e. The molecule has 0 bridgehead atoms. The first-order valence-corrected chi connectivity index (χ1v) is 10.3. The van der Waals surface area contributed by atoms with Crippen LogP contribution in [-0.2, 0) is 9.53 Å². The number of hydrogen-bond acceptors (Lipinski definition) is 5. The standard InChI is InChI=1S/C20H27N3O3S/c1-4-13(2)17(19(24)26-3)22-20(25)23-11-9-14(10-12-23)18-21-15-7-5-6-8-16(15)27-18/h5-8,13-14,17H,4,9-12H2,1-3H3,(H,22,25)/t13-,17-/m0/s1. The van der Waals surface area contributed by atoms with Gasteiger partial charge in [-0.15, -0.1) is 11.3 Å². The quantitative estimate of drug-likeness (QED) is 0.790. The number of fused-ring (bicyclic) bond motifs is 1. The number of benzene rings is 1. The number of carbonyl (C=O) groups is 2. The Kier molecular flexibility index (Phi) is 6.31. The maximum atomic E-state index is 12.6. The summed E-state index contributed by atoms with van der Waals surface area (Å²) in [6.45, 7) is 5.28. The van der Waals surface area contributed by atoms with Crippen molar-refractivity contribution in [3.8, 4) is 0 Å². The van der Waals surface area contributed by atoms with Gasteiger partial charge in [-0.2, -0.15) is 0 Å². The summed E-state index contributed by atoms with van der Waals surface area (Å²) < 4.78 is 6.06. The van der Waals surface area contributed by atoms with Crippen molar-refractivity contribution in [2.75, 3.05) is 20.2 Å². The predicted octanol–water partition coefficient (Wildman–Crippen LogP) is 3.77. The normalized spacial score (nSPS) is 17.5. The van der Waals surface area contributed by atoms with Crippen LogP contribution in [0.4, 0.5) is 4.79 Å². The van der Waals surface area contributed by atoms with Crippen LogP contribution in [0.25, 0.3) is 10.2 Å². The van der Waals surface area contributed by atoms with Gasteiger partial charge in [-0.25, -0.2) is 14.6 Å². The topological polar surface area (TPSA) is 71.5 Å². The van der Waals surface area contributed by atoms with Crippen LogP contribution in [0, 0.1) is 5.92 Å². The Bertz CT molecular complexity index is 766. The number of nitrogens with zero attached hydrogens (tertiary/aromatic N) is 2. The smallest absolute Gasteiger partial charge is 0.328 e. The van der Waals surface area contributed by atoms with Crippen molar-refractivity contribution < 1.29 is 14.3 Å². The zero-order chi connectivity index (χ0) is 19.4. The number of likely N-dealkylation sites (tertiary alicyclic amines) is 1. The number of thiazole rings is 1. The zero-order valence-corrected chi connectivity index (χ0v) is 16.9. The molecule has 2 aromatic rings. The largest absolute Gasteiger partial charge is 0.467 e. The summed E-state index contributed by atoms with van der Waals surface area (Å²) in [7, 11) is 1.35. The van der Waals surface area contributed by atoms with Crippen molar-refractivity contribution >= 4 is 33.6 Å². The average Bonchev–Trinajstić information content (AvgIpc) is 3.15. The Morgan fingerprint density at radius 2 is 2.04 bits per heavy atom. The second-order valence-corrected chi connectivity index (χ2v) is 8.18. The average molecular weight is 390 g/mol. The number of amides is 2. The highest BCUT2D eigenvalue weighted by Gasteiger charge is 2.31. The van der Waals surface area contributed by atoms with Crippen molar-refractivity contribution in [1.82, 2.24) is 15.2 Å². The number of piperidine rings is 1. The third kappa shape index (κ3) is 4.40. The highest BCUT2D eigenvalue weighted by molar-refractivity contribution is 7.18. The highest BCUT2D eigenvalue weighted by Crippen LogP contribution is 2.33. The molecule has 1 aliphatic heterocycles. The van der Waals surface area contributed by atoms with Crippen molar-refractivity contribution in [3.05, 3.63) is 29.3 Å². The fourth-order valence-electron chi connectivity index (χ4n) is 3.41. The Balaban J connectivity index is 1.59. The maximum absolute atomic E-state index is 12.6. The molecule has 0 unspecified atom stereocenters. The van der Waals surface area contributed by atoms with Crippen LogP contribution in [0.1, 0.15) is 44.0 Å². The first-order chi connectivity index (χ1) is 13.0. The van der Waals surface area contributed by atoms with Crippen LogP contribution < -0.4 is 5.32 Å². The van der Waals surface area contributed by atoms with Gasteiger partial charge in [0, 0.05) is 19.0 Å². The van der Waals surface area contributed by atoms with Gasteiger partial charge < -0.3 is 15.0 Å². The summed E-state index contributed by atoms with van der Waals surface area (Å²) in [5.74, 6) is 0.0289. The van der Waals surface area contributed by atoms with Gasteiger partial charge in [0.05, 0.1) is 22.3 Å². The molecule has 0 radical (unpaired) electrons. The number of nitrogens with one attached hydrogen (secondary N) is 1. The molecule has 2 heterocycles. The molecule has 146 valence electrons. The predicted molar refractivity (Wildman–Crippen MR) is 107 cm³/mol. The third-order valence-electron chi connectivity index (χ3n) is 5.39. The number of hydrogen-bond donors (Lipinski definition) is 1. The van der Waals surface area contributed by atoms with E-state index in [2.05, 4.69) is 11.4 Å². The number of urea groups is 1. The summed E-state index contributed by atoms with van der Waals surface area (Å²) in [6.07, 6.45) is 2.57. The van der Waals surface area contributed by atoms with E-state index < -0.39 is 6.04 Å². The van der Waals surface area contributed by atoms with E-state index in [4.69, 9.17) is 9.72 Å². The molecule has 1 aromatic heterocycles. The summed E-state index contributed by atoms with van der Waals surface area (Å²) in [5.41, 5.74) is 1.05. The lowest BCUT2D eigenvalue weighted by molar-refractivity contribution is -0.144. The fourth-order valence-corrected chi connectivity index (χ4v) is 4.55. The lowest BCUT2D eigenvalue weighted by Crippen LogP contribution is -2.52. The van der Waals surface area contributed by atoms with Crippen LogP contribution >= 0.6 is 11.3 Å². The van der Waals surface area contributed by atoms with Crippen LogP contribution in [0.5, 0.6) is 0 Å². The van der Waals surface area contributed by atoms with E-state index in [9.17, 15) is 9.59 Å². The monoisotopic (exact) mass is 389 g/mol. The van der Waals surface area contributed by atoms with Gasteiger partial charge in [-0.1, -0.05) is 32.4 Å².